The van der Waals surface area contributed by atoms with Gasteiger partial charge in [0.1, 0.15) is 24.3 Å². The Kier molecular flexibility index (Phi) is 5.06. The maximum Gasteiger partial charge on any atom is 0.136 e. The van der Waals surface area contributed by atoms with Crippen molar-refractivity contribution in [2.45, 2.75) is 38.9 Å². The highest BCUT2D eigenvalue weighted by molar-refractivity contribution is 5.83. The van der Waals surface area contributed by atoms with Crippen LogP contribution in [0.25, 0.3) is 0 Å². The largest absolute Gasteiger partial charge is 0.489 e. The average molecular weight is 312 g/mol. The molecule has 0 aliphatic heterocycles. The second kappa shape index (κ2) is 6.84. The number of aliphatic hydroxyl groups is 1. The van der Waals surface area contributed by atoms with Crippen LogP contribution in [-0.2, 0) is 12.0 Å². The molecule has 0 saturated heterocycles. The molecule has 0 aromatic heterocycles. The lowest BCUT2D eigenvalue weighted by Crippen LogP contribution is -2.21. The highest BCUT2D eigenvalue weighted by Gasteiger charge is 2.19. The molecule has 0 aliphatic carbocycles. The Labute approximate surface area is 137 Å². The monoisotopic (exact) mass is 312 g/mol. The van der Waals surface area contributed by atoms with Gasteiger partial charge in [0.2, 0.25) is 0 Å². The number of nitrogens with two attached hydrogens (primary N) is 1. The zero-order valence-corrected chi connectivity index (χ0v) is 13.8. The number of amidine groups is 1. The molecule has 4 heteroatoms. The Morgan fingerprint density at radius 2 is 1.74 bits per heavy atom. The molecule has 2 aromatic rings. The number of rotatable bonds is 5. The molecule has 0 spiro atoms. The summed E-state index contributed by atoms with van der Waals surface area (Å²) < 4.78 is 6.00. The molecule has 2 aromatic carbocycles. The van der Waals surface area contributed by atoms with Crippen LogP contribution in [0, 0.1) is 5.41 Å². The molecule has 23 heavy (non-hydrogen) atoms. The molecule has 4 nitrogen and oxygen atoms in total. The fourth-order valence-corrected chi connectivity index (χ4v) is 2.47. The molecule has 1 atom stereocenters. The zero-order chi connectivity index (χ0) is 17.0. The molecule has 4 N–H and O–H groups in total. The molecule has 122 valence electrons. The van der Waals surface area contributed by atoms with Gasteiger partial charge in [-0.05, 0) is 28.2 Å². The van der Waals surface area contributed by atoms with Gasteiger partial charge < -0.3 is 15.6 Å². The van der Waals surface area contributed by atoms with Crippen molar-refractivity contribution in [1.29, 1.82) is 5.41 Å². The van der Waals surface area contributed by atoms with E-state index in [0.29, 0.717) is 12.2 Å². The van der Waals surface area contributed by atoms with Crippen LogP contribution >= 0.6 is 0 Å². The Hall–Kier alpha value is -2.33. The number of aliphatic hydroxyl groups excluding tert-OH is 1. The van der Waals surface area contributed by atoms with Crippen LogP contribution in [0.2, 0.25) is 0 Å². The maximum atomic E-state index is 10.1. The number of ether oxygens (including phenoxy) is 1. The lowest BCUT2D eigenvalue weighted by molar-refractivity contribution is 0.237. The Morgan fingerprint density at radius 1 is 1.13 bits per heavy atom. The van der Waals surface area contributed by atoms with E-state index in [4.69, 9.17) is 15.9 Å². The van der Waals surface area contributed by atoms with Crippen molar-refractivity contribution in [3.8, 4) is 5.75 Å². The summed E-state index contributed by atoms with van der Waals surface area (Å²) in [5, 5.41) is 17.5. The van der Waals surface area contributed by atoms with Gasteiger partial charge in [0, 0.05) is 0 Å². The minimum atomic E-state index is -1.10. The fraction of sp³-hybridized carbons (Fsp3) is 0.316. The van der Waals surface area contributed by atoms with Gasteiger partial charge in [-0.1, -0.05) is 63.2 Å². The first-order valence-corrected chi connectivity index (χ1v) is 7.63. The van der Waals surface area contributed by atoms with Crippen molar-refractivity contribution in [3.63, 3.8) is 0 Å². The summed E-state index contributed by atoms with van der Waals surface area (Å²) in [4.78, 5) is 0. The molecule has 0 heterocycles. The molecule has 0 saturated carbocycles. The molecule has 2 rings (SSSR count). The predicted molar refractivity (Wildman–Crippen MR) is 92.8 cm³/mol. The topological polar surface area (TPSA) is 79.3 Å². The van der Waals surface area contributed by atoms with E-state index >= 15 is 0 Å². The van der Waals surface area contributed by atoms with Crippen LogP contribution in [0.3, 0.4) is 0 Å². The van der Waals surface area contributed by atoms with Gasteiger partial charge in [0.05, 0.1) is 0 Å². The van der Waals surface area contributed by atoms with Gasteiger partial charge in [-0.15, -0.1) is 0 Å². The maximum absolute atomic E-state index is 10.1. The van der Waals surface area contributed by atoms with Crippen molar-refractivity contribution in [3.05, 3.63) is 65.2 Å². The number of hydrogen-bond donors (Lipinski definition) is 3. The Bertz CT molecular complexity index is 690. The van der Waals surface area contributed by atoms with Gasteiger partial charge >= 0.3 is 0 Å². The van der Waals surface area contributed by atoms with E-state index < -0.39 is 6.10 Å². The van der Waals surface area contributed by atoms with E-state index in [1.807, 2.05) is 36.4 Å². The summed E-state index contributed by atoms with van der Waals surface area (Å²) in [5.74, 6) is 0.555. The summed E-state index contributed by atoms with van der Waals surface area (Å²) in [6, 6.07) is 15.3. The zero-order valence-electron chi connectivity index (χ0n) is 13.8. The highest BCUT2D eigenvalue weighted by atomic mass is 16.5. The van der Waals surface area contributed by atoms with E-state index in [9.17, 15) is 5.11 Å². The van der Waals surface area contributed by atoms with Crippen LogP contribution in [-0.4, -0.2) is 10.9 Å². The van der Waals surface area contributed by atoms with Crippen LogP contribution in [0.15, 0.2) is 48.5 Å². The standard InChI is InChI=1S/C19H24N2O2/c1-19(2,3)15-10-6-7-11-16(15)23-12-13-8-4-5-9-14(13)17(22)18(20)21/h4-11,17,22H,12H2,1-3H3,(H3,20,21). The van der Waals surface area contributed by atoms with Gasteiger partial charge in [0.15, 0.2) is 0 Å². The third-order valence-corrected chi connectivity index (χ3v) is 3.72. The van der Waals surface area contributed by atoms with E-state index in [2.05, 4.69) is 26.8 Å². The molecule has 0 bridgehead atoms. The van der Waals surface area contributed by atoms with Gasteiger partial charge in [-0.2, -0.15) is 0 Å². The summed E-state index contributed by atoms with van der Waals surface area (Å²) in [6.45, 7) is 6.74. The second-order valence-corrected chi connectivity index (χ2v) is 6.59. The number of hydrogen-bond acceptors (Lipinski definition) is 3. The van der Waals surface area contributed by atoms with Crippen LogP contribution in [0.1, 0.15) is 43.6 Å². The third kappa shape index (κ3) is 4.11. The van der Waals surface area contributed by atoms with Gasteiger partial charge in [0.25, 0.3) is 0 Å². The Balaban J connectivity index is 2.25. The smallest absolute Gasteiger partial charge is 0.136 e. The van der Waals surface area contributed by atoms with Gasteiger partial charge in [-0.3, -0.25) is 5.41 Å². The van der Waals surface area contributed by atoms with Crippen molar-refractivity contribution >= 4 is 5.84 Å². The summed E-state index contributed by atoms with van der Waals surface area (Å²) >= 11 is 0. The van der Waals surface area contributed by atoms with E-state index in [1.165, 1.54) is 0 Å². The first-order valence-electron chi connectivity index (χ1n) is 7.63. The van der Waals surface area contributed by atoms with Crippen molar-refractivity contribution in [1.82, 2.24) is 0 Å². The predicted octanol–water partition coefficient (Wildman–Crippen LogP) is 3.53. The molecule has 0 aliphatic rings. The highest BCUT2D eigenvalue weighted by Crippen LogP contribution is 2.31. The van der Waals surface area contributed by atoms with Crippen molar-refractivity contribution in [2.24, 2.45) is 5.73 Å². The third-order valence-electron chi connectivity index (χ3n) is 3.72. The van der Waals surface area contributed by atoms with Crippen molar-refractivity contribution < 1.29 is 9.84 Å². The second-order valence-electron chi connectivity index (χ2n) is 6.59. The van der Waals surface area contributed by atoms with E-state index in [0.717, 1.165) is 16.9 Å². The number of benzene rings is 2. The minimum absolute atomic E-state index is 0.0188. The summed E-state index contributed by atoms with van der Waals surface area (Å²) in [6.07, 6.45) is -1.10. The molecule has 1 unspecified atom stereocenters. The average Bonchev–Trinajstić information content (AvgIpc) is 2.51. The molecule has 0 fully saturated rings. The molecule has 0 amide bonds. The van der Waals surface area contributed by atoms with Crippen LogP contribution in [0.4, 0.5) is 0 Å². The Morgan fingerprint density at radius 3 is 2.39 bits per heavy atom. The first-order chi connectivity index (χ1) is 10.8. The minimum Gasteiger partial charge on any atom is -0.489 e. The van der Waals surface area contributed by atoms with E-state index in [-0.39, 0.29) is 11.3 Å². The van der Waals surface area contributed by atoms with Crippen LogP contribution in [0.5, 0.6) is 5.75 Å². The molecular weight excluding hydrogens is 288 g/mol. The first kappa shape index (κ1) is 17.0. The quantitative estimate of drug-likeness (QED) is 0.583. The van der Waals surface area contributed by atoms with Gasteiger partial charge in [-0.25, -0.2) is 0 Å². The van der Waals surface area contributed by atoms with Crippen LogP contribution < -0.4 is 10.5 Å². The SMILES string of the molecule is CC(C)(C)c1ccccc1OCc1ccccc1C(O)C(=N)N. The lowest BCUT2D eigenvalue weighted by Gasteiger charge is -2.23. The number of para-hydroxylation sites is 1. The lowest BCUT2D eigenvalue weighted by atomic mass is 9.86. The van der Waals surface area contributed by atoms with Crippen molar-refractivity contribution in [2.75, 3.05) is 0 Å². The normalized spacial score (nSPS) is 12.7. The summed E-state index contributed by atoms with van der Waals surface area (Å²) in [5.41, 5.74) is 7.95. The summed E-state index contributed by atoms with van der Waals surface area (Å²) in [7, 11) is 0. The fourth-order valence-electron chi connectivity index (χ4n) is 2.47. The molecule has 0 radical (unpaired) electrons. The number of nitrogens with one attached hydrogen (secondary N) is 1. The van der Waals surface area contributed by atoms with E-state index in [1.54, 1.807) is 6.07 Å². The molecular formula is C19H24N2O2.